The third-order valence-electron chi connectivity index (χ3n) is 9.73. The van der Waals surface area contributed by atoms with E-state index in [-0.39, 0.29) is 17.6 Å². The molecule has 1 atom stereocenters. The number of nitrogens with zero attached hydrogens (tertiary/aromatic N) is 5. The van der Waals surface area contributed by atoms with Crippen molar-refractivity contribution in [2.75, 3.05) is 37.7 Å². The molecule has 10 nitrogen and oxygen atoms in total. The number of carbonyl (C=O) groups excluding carboxylic acids is 1. The summed E-state index contributed by atoms with van der Waals surface area (Å²) >= 11 is 0. The van der Waals surface area contributed by atoms with Crippen LogP contribution in [0.4, 0.5) is 10.2 Å². The zero-order valence-electron chi connectivity index (χ0n) is 30.4. The maximum Gasteiger partial charge on any atom is 0.337 e. The Hall–Kier alpha value is -4.51. The molecule has 6 rings (SSSR count). The molecule has 11 heteroatoms. The van der Waals surface area contributed by atoms with Crippen LogP contribution in [-0.4, -0.2) is 74.8 Å². The van der Waals surface area contributed by atoms with Crippen LogP contribution in [0.3, 0.4) is 0 Å². The Labute approximate surface area is 293 Å². The smallest absolute Gasteiger partial charge is 0.337 e. The van der Waals surface area contributed by atoms with Crippen molar-refractivity contribution in [2.45, 2.75) is 79.4 Å². The highest BCUT2D eigenvalue weighted by molar-refractivity contribution is 6.01. The molecule has 0 saturated carbocycles. The first kappa shape index (κ1) is 35.3. The zero-order chi connectivity index (χ0) is 36.1. The Kier molecular flexibility index (Phi) is 9.65. The number of carbonyl (C=O) groups is 2. The molecule has 3 aromatic heterocycles. The molecule has 2 aliphatic rings. The number of carboxylic acids is 1. The van der Waals surface area contributed by atoms with Crippen molar-refractivity contribution in [1.82, 2.24) is 19.4 Å². The molecule has 0 bridgehead atoms. The largest absolute Gasteiger partial charge is 0.490 e. The number of benzene rings is 1. The van der Waals surface area contributed by atoms with Crippen molar-refractivity contribution in [1.29, 1.82) is 0 Å². The molecular formula is C39H48FN5O5. The normalized spacial score (nSPS) is 16.0. The van der Waals surface area contributed by atoms with Gasteiger partial charge in [0.1, 0.15) is 11.5 Å². The molecule has 1 unspecified atom stereocenters. The quantitative estimate of drug-likeness (QED) is 0.221. The molecule has 266 valence electrons. The van der Waals surface area contributed by atoms with E-state index in [1.165, 1.54) is 6.07 Å². The van der Waals surface area contributed by atoms with Crippen molar-refractivity contribution in [2.24, 2.45) is 13.0 Å². The molecular weight excluding hydrogens is 637 g/mol. The first-order valence-electron chi connectivity index (χ1n) is 17.5. The van der Waals surface area contributed by atoms with Crippen LogP contribution in [0.25, 0.3) is 33.4 Å². The van der Waals surface area contributed by atoms with Crippen molar-refractivity contribution in [3.63, 3.8) is 0 Å². The number of aryl methyl sites for hydroxylation is 2. The second-order valence-corrected chi connectivity index (χ2v) is 14.8. The van der Waals surface area contributed by atoms with E-state index in [1.54, 1.807) is 13.1 Å². The molecule has 5 heterocycles. The van der Waals surface area contributed by atoms with Gasteiger partial charge in [0.15, 0.2) is 17.7 Å². The Balaban J connectivity index is 1.53. The van der Waals surface area contributed by atoms with E-state index < -0.39 is 23.5 Å². The lowest BCUT2D eigenvalue weighted by Crippen LogP contribution is -2.37. The number of hydrogen-bond donors (Lipinski definition) is 1. The predicted molar refractivity (Wildman–Crippen MR) is 192 cm³/mol. The van der Waals surface area contributed by atoms with Crippen LogP contribution in [-0.2, 0) is 27.8 Å². The SMILES string of the molecule is Cc1nc2c(cc(-c3ccnc(N4CCCN(C(=O)C(C)C)CC4)c3)n2C)c(-c2cc(F)c3c(c2C)CCCO3)c1C(OC(C)(C)C)C(=O)O. The number of anilines is 1. The van der Waals surface area contributed by atoms with E-state index in [0.717, 1.165) is 54.1 Å². The number of aromatic nitrogens is 3. The van der Waals surface area contributed by atoms with Gasteiger partial charge in [-0.05, 0) is 89.3 Å². The summed E-state index contributed by atoms with van der Waals surface area (Å²) in [7, 11) is 1.93. The fourth-order valence-corrected chi connectivity index (χ4v) is 7.33. The Morgan fingerprint density at radius 3 is 2.52 bits per heavy atom. The molecule has 0 spiro atoms. The lowest BCUT2D eigenvalue weighted by atomic mass is 9.86. The van der Waals surface area contributed by atoms with Crippen LogP contribution in [0.5, 0.6) is 5.75 Å². The number of amides is 1. The number of rotatable bonds is 7. The monoisotopic (exact) mass is 685 g/mol. The van der Waals surface area contributed by atoms with E-state index in [1.807, 2.05) is 76.3 Å². The van der Waals surface area contributed by atoms with Gasteiger partial charge in [-0.2, -0.15) is 0 Å². The maximum absolute atomic E-state index is 15.8. The van der Waals surface area contributed by atoms with Gasteiger partial charge < -0.3 is 28.9 Å². The van der Waals surface area contributed by atoms with Crippen LogP contribution in [0, 0.1) is 25.6 Å². The van der Waals surface area contributed by atoms with Gasteiger partial charge in [0.2, 0.25) is 5.91 Å². The molecule has 0 radical (unpaired) electrons. The van der Waals surface area contributed by atoms with Crippen LogP contribution < -0.4 is 9.64 Å². The Morgan fingerprint density at radius 1 is 1.06 bits per heavy atom. The van der Waals surface area contributed by atoms with Crippen LogP contribution in [0.1, 0.15) is 75.9 Å². The number of aliphatic carboxylic acids is 1. The summed E-state index contributed by atoms with van der Waals surface area (Å²) in [6, 6.07) is 7.47. The summed E-state index contributed by atoms with van der Waals surface area (Å²) in [6.45, 7) is 16.3. The molecule has 4 aromatic rings. The summed E-state index contributed by atoms with van der Waals surface area (Å²) in [5, 5.41) is 11.3. The van der Waals surface area contributed by atoms with Gasteiger partial charge in [-0.15, -0.1) is 0 Å². The summed E-state index contributed by atoms with van der Waals surface area (Å²) in [4.78, 5) is 39.5. The molecule has 1 saturated heterocycles. The lowest BCUT2D eigenvalue weighted by molar-refractivity contribution is -0.160. The topological polar surface area (TPSA) is 110 Å². The summed E-state index contributed by atoms with van der Waals surface area (Å²) < 4.78 is 29.8. The zero-order valence-corrected chi connectivity index (χ0v) is 30.4. The summed E-state index contributed by atoms with van der Waals surface area (Å²) in [5.41, 5.74) is 5.33. The minimum Gasteiger partial charge on any atom is -0.490 e. The minimum atomic E-state index is -1.35. The second-order valence-electron chi connectivity index (χ2n) is 14.8. The fourth-order valence-electron chi connectivity index (χ4n) is 7.33. The average Bonchev–Trinajstić information content (AvgIpc) is 3.22. The number of carboxylic acid groups (broad SMARTS) is 1. The van der Waals surface area contributed by atoms with E-state index in [0.29, 0.717) is 59.5 Å². The van der Waals surface area contributed by atoms with Gasteiger partial charge in [-0.3, -0.25) is 4.79 Å². The van der Waals surface area contributed by atoms with E-state index in [2.05, 4.69) is 4.90 Å². The summed E-state index contributed by atoms with van der Waals surface area (Å²) in [5.74, 6) is -0.414. The van der Waals surface area contributed by atoms with Gasteiger partial charge >= 0.3 is 5.97 Å². The van der Waals surface area contributed by atoms with Crippen molar-refractivity contribution in [3.05, 3.63) is 58.7 Å². The highest BCUT2D eigenvalue weighted by Gasteiger charge is 2.35. The highest BCUT2D eigenvalue weighted by atomic mass is 19.1. The Bertz CT molecular complexity index is 1960. The van der Waals surface area contributed by atoms with Gasteiger partial charge in [0.25, 0.3) is 0 Å². The third kappa shape index (κ3) is 6.67. The van der Waals surface area contributed by atoms with Gasteiger partial charge in [-0.1, -0.05) is 13.8 Å². The average molecular weight is 686 g/mol. The van der Waals surface area contributed by atoms with Crippen LogP contribution in [0.2, 0.25) is 0 Å². The van der Waals surface area contributed by atoms with Crippen LogP contribution >= 0.6 is 0 Å². The van der Waals surface area contributed by atoms with Crippen molar-refractivity contribution in [3.8, 4) is 28.1 Å². The number of hydrogen-bond acceptors (Lipinski definition) is 7. The van der Waals surface area contributed by atoms with Crippen molar-refractivity contribution >= 4 is 28.7 Å². The van der Waals surface area contributed by atoms with Gasteiger partial charge in [0.05, 0.1) is 17.9 Å². The molecule has 0 aliphatic carbocycles. The minimum absolute atomic E-state index is 0.0437. The fraction of sp³-hybridized carbons (Fsp3) is 0.487. The number of halogens is 1. The predicted octanol–water partition coefficient (Wildman–Crippen LogP) is 7.02. The highest BCUT2D eigenvalue weighted by Crippen LogP contribution is 2.45. The van der Waals surface area contributed by atoms with Crippen LogP contribution in [0.15, 0.2) is 30.5 Å². The molecule has 50 heavy (non-hydrogen) atoms. The molecule has 1 fully saturated rings. The standard InChI is InChI=1S/C39H48FN5O5/c1-22(2)37(46)45-15-10-14-44(16-17-45)31-19-25(12-13-41-31)30-21-28-33(27-20-29(40)34-26(23(27)3)11-9-18-49-34)32(24(4)42-36(28)43(30)8)35(38(47)48)50-39(5,6)7/h12-13,19-22,35H,9-11,14-18H2,1-8H3,(H,47,48). The lowest BCUT2D eigenvalue weighted by Gasteiger charge is -2.29. The summed E-state index contributed by atoms with van der Waals surface area (Å²) in [6.07, 6.45) is 2.71. The van der Waals surface area contributed by atoms with E-state index >= 15 is 4.39 Å². The maximum atomic E-state index is 15.8. The van der Waals surface area contributed by atoms with E-state index in [4.69, 9.17) is 19.4 Å². The van der Waals surface area contributed by atoms with E-state index in [9.17, 15) is 14.7 Å². The third-order valence-corrected chi connectivity index (χ3v) is 9.73. The Morgan fingerprint density at radius 2 is 1.82 bits per heavy atom. The first-order valence-corrected chi connectivity index (χ1v) is 17.5. The molecule has 1 N–H and O–H groups in total. The number of fused-ring (bicyclic) bond motifs is 2. The van der Waals surface area contributed by atoms with Gasteiger partial charge in [-0.25, -0.2) is 19.2 Å². The number of pyridine rings is 2. The molecule has 1 aromatic carbocycles. The number of ether oxygens (including phenoxy) is 2. The first-order chi connectivity index (χ1) is 23.7. The van der Waals surface area contributed by atoms with Crippen molar-refractivity contribution < 1.29 is 28.6 Å². The molecule has 1 amide bonds. The second kappa shape index (κ2) is 13.7. The van der Waals surface area contributed by atoms with Gasteiger partial charge in [0, 0.05) is 78.7 Å². The molecule has 2 aliphatic heterocycles.